The van der Waals surface area contributed by atoms with Gasteiger partial charge in [0, 0.05) is 29.5 Å². The average molecular weight is 303 g/mol. The van der Waals surface area contributed by atoms with Crippen LogP contribution in [0.25, 0.3) is 0 Å². The molecule has 1 unspecified atom stereocenters. The van der Waals surface area contributed by atoms with E-state index >= 15 is 0 Å². The molecule has 3 heteroatoms. The van der Waals surface area contributed by atoms with Crippen LogP contribution < -0.4 is 5.32 Å². The number of hydrogen-bond donors (Lipinski definition) is 1. The van der Waals surface area contributed by atoms with E-state index in [1.165, 1.54) is 27.6 Å². The minimum Gasteiger partial charge on any atom is -0.306 e. The topological polar surface area (TPSA) is 24.9 Å². The highest BCUT2D eigenvalue weighted by Crippen LogP contribution is 2.35. The Bertz CT molecular complexity index is 539. The summed E-state index contributed by atoms with van der Waals surface area (Å²) in [6, 6.07) is 11.1. The van der Waals surface area contributed by atoms with E-state index in [1.54, 1.807) is 0 Å². The summed E-state index contributed by atoms with van der Waals surface area (Å²) in [4.78, 5) is 4.04. The van der Waals surface area contributed by atoms with E-state index in [2.05, 4.69) is 56.6 Å². The molecule has 1 aromatic heterocycles. The van der Waals surface area contributed by atoms with Crippen molar-refractivity contribution in [2.24, 2.45) is 0 Å². The first-order valence-electron chi connectivity index (χ1n) is 6.24. The van der Waals surface area contributed by atoms with Gasteiger partial charge < -0.3 is 5.32 Å². The number of nitrogens with zero attached hydrogens (tertiary/aromatic N) is 1. The summed E-state index contributed by atoms with van der Waals surface area (Å²) in [5, 5.41) is 3.63. The number of hydrogen-bond acceptors (Lipinski definition) is 2. The highest BCUT2D eigenvalue weighted by molar-refractivity contribution is 9.10. The number of benzene rings is 1. The summed E-state index contributed by atoms with van der Waals surface area (Å²) >= 11 is 3.63. The molecule has 1 aromatic carbocycles. The molecular formula is C15H15BrN2. The van der Waals surface area contributed by atoms with Gasteiger partial charge in [0.1, 0.15) is 0 Å². The van der Waals surface area contributed by atoms with Crippen LogP contribution in [0.4, 0.5) is 0 Å². The largest absolute Gasteiger partial charge is 0.306 e. The minimum atomic E-state index is 0.477. The molecule has 0 aliphatic heterocycles. The van der Waals surface area contributed by atoms with Crippen molar-refractivity contribution in [3.05, 3.63) is 63.9 Å². The number of fused-ring (bicyclic) bond motifs is 1. The van der Waals surface area contributed by atoms with Gasteiger partial charge in [0.15, 0.2) is 0 Å². The van der Waals surface area contributed by atoms with Gasteiger partial charge in [-0.15, -0.1) is 0 Å². The predicted molar refractivity (Wildman–Crippen MR) is 76.3 cm³/mol. The van der Waals surface area contributed by atoms with E-state index in [-0.39, 0.29) is 0 Å². The average Bonchev–Trinajstić information content (AvgIpc) is 2.82. The lowest BCUT2D eigenvalue weighted by atomic mass is 10.1. The van der Waals surface area contributed by atoms with Gasteiger partial charge >= 0.3 is 0 Å². The highest BCUT2D eigenvalue weighted by Gasteiger charge is 2.23. The number of aromatic nitrogens is 1. The lowest BCUT2D eigenvalue weighted by molar-refractivity contribution is 0.530. The van der Waals surface area contributed by atoms with Gasteiger partial charge in [-0.05, 0) is 47.7 Å². The maximum atomic E-state index is 4.04. The van der Waals surface area contributed by atoms with Gasteiger partial charge in [0.05, 0.1) is 0 Å². The molecule has 1 atom stereocenters. The summed E-state index contributed by atoms with van der Waals surface area (Å²) in [5.74, 6) is 0. The molecule has 2 aromatic rings. The van der Waals surface area contributed by atoms with Crippen LogP contribution in [0, 0.1) is 0 Å². The zero-order valence-electron chi connectivity index (χ0n) is 10.1. The molecule has 3 rings (SSSR count). The van der Waals surface area contributed by atoms with Crippen LogP contribution >= 0.6 is 15.9 Å². The molecule has 1 aliphatic rings. The Kier molecular flexibility index (Phi) is 3.43. The van der Waals surface area contributed by atoms with Crippen molar-refractivity contribution in [3.8, 4) is 0 Å². The Morgan fingerprint density at radius 3 is 2.89 bits per heavy atom. The monoisotopic (exact) mass is 302 g/mol. The smallest absolute Gasteiger partial charge is 0.0329 e. The lowest BCUT2D eigenvalue weighted by Gasteiger charge is -2.14. The highest BCUT2D eigenvalue weighted by atomic mass is 79.9. The number of halogens is 1. The Labute approximate surface area is 116 Å². The fourth-order valence-electron chi connectivity index (χ4n) is 2.56. The first kappa shape index (κ1) is 11.9. The fraction of sp³-hybridized carbons (Fsp3) is 0.267. The summed E-state index contributed by atoms with van der Waals surface area (Å²) in [7, 11) is 0. The van der Waals surface area contributed by atoms with Crippen molar-refractivity contribution >= 4 is 15.9 Å². The molecule has 0 bridgehead atoms. The van der Waals surface area contributed by atoms with Crippen molar-refractivity contribution in [2.75, 3.05) is 0 Å². The standard InChI is InChI=1S/C15H15BrN2/c16-14-3-1-2-13-12(14)4-5-15(13)18-10-11-6-8-17-9-7-11/h1-3,6-9,15,18H,4-5,10H2. The Morgan fingerprint density at radius 2 is 2.06 bits per heavy atom. The van der Waals surface area contributed by atoms with E-state index in [0.29, 0.717) is 6.04 Å². The Hall–Kier alpha value is -1.19. The molecule has 2 nitrogen and oxygen atoms in total. The van der Waals surface area contributed by atoms with Crippen LogP contribution in [0.1, 0.15) is 29.2 Å². The summed E-state index contributed by atoms with van der Waals surface area (Å²) < 4.78 is 1.24. The fourth-order valence-corrected chi connectivity index (χ4v) is 3.14. The molecule has 1 aliphatic carbocycles. The predicted octanol–water partition coefficient (Wildman–Crippen LogP) is 3.62. The molecule has 0 amide bonds. The molecule has 1 heterocycles. The molecule has 1 N–H and O–H groups in total. The summed E-state index contributed by atoms with van der Waals surface area (Å²) in [6.45, 7) is 0.902. The summed E-state index contributed by atoms with van der Waals surface area (Å²) in [6.07, 6.45) is 6.03. The molecule has 92 valence electrons. The van der Waals surface area contributed by atoms with Gasteiger partial charge in [0.2, 0.25) is 0 Å². The molecular weight excluding hydrogens is 288 g/mol. The van der Waals surface area contributed by atoms with Crippen LogP contribution in [0.5, 0.6) is 0 Å². The zero-order chi connectivity index (χ0) is 12.4. The first-order chi connectivity index (χ1) is 8.84. The van der Waals surface area contributed by atoms with E-state index in [4.69, 9.17) is 0 Å². The van der Waals surface area contributed by atoms with Crippen LogP contribution in [-0.4, -0.2) is 4.98 Å². The van der Waals surface area contributed by atoms with E-state index in [1.807, 2.05) is 12.4 Å². The molecule has 0 spiro atoms. The first-order valence-corrected chi connectivity index (χ1v) is 7.03. The van der Waals surface area contributed by atoms with Gasteiger partial charge in [-0.1, -0.05) is 28.1 Å². The second-order valence-corrected chi connectivity index (χ2v) is 5.49. The van der Waals surface area contributed by atoms with Crippen LogP contribution in [0.15, 0.2) is 47.2 Å². The normalized spacial score (nSPS) is 17.7. The van der Waals surface area contributed by atoms with Crippen LogP contribution in [0.2, 0.25) is 0 Å². The molecule has 18 heavy (non-hydrogen) atoms. The maximum absolute atomic E-state index is 4.04. The van der Waals surface area contributed by atoms with Crippen molar-refractivity contribution < 1.29 is 0 Å². The second-order valence-electron chi connectivity index (χ2n) is 4.64. The Balaban J connectivity index is 1.72. The van der Waals surface area contributed by atoms with E-state index < -0.39 is 0 Å². The lowest BCUT2D eigenvalue weighted by Crippen LogP contribution is -2.18. The van der Waals surface area contributed by atoms with Crippen molar-refractivity contribution in [1.29, 1.82) is 0 Å². The van der Waals surface area contributed by atoms with Crippen molar-refractivity contribution in [1.82, 2.24) is 10.3 Å². The minimum absolute atomic E-state index is 0.477. The molecule has 0 radical (unpaired) electrons. The summed E-state index contributed by atoms with van der Waals surface area (Å²) in [5.41, 5.74) is 4.19. The molecule has 0 saturated heterocycles. The Morgan fingerprint density at radius 1 is 1.22 bits per heavy atom. The van der Waals surface area contributed by atoms with Crippen molar-refractivity contribution in [2.45, 2.75) is 25.4 Å². The molecule has 0 fully saturated rings. The molecule has 0 saturated carbocycles. The van der Waals surface area contributed by atoms with Crippen LogP contribution in [0.3, 0.4) is 0 Å². The second kappa shape index (κ2) is 5.21. The number of pyridine rings is 1. The van der Waals surface area contributed by atoms with Gasteiger partial charge in [-0.3, -0.25) is 4.98 Å². The van der Waals surface area contributed by atoms with E-state index in [0.717, 1.165) is 13.0 Å². The van der Waals surface area contributed by atoms with Gasteiger partial charge in [-0.2, -0.15) is 0 Å². The van der Waals surface area contributed by atoms with Gasteiger partial charge in [0.25, 0.3) is 0 Å². The van der Waals surface area contributed by atoms with Gasteiger partial charge in [-0.25, -0.2) is 0 Å². The third-order valence-electron chi connectivity index (χ3n) is 3.52. The number of nitrogens with one attached hydrogen (secondary N) is 1. The maximum Gasteiger partial charge on any atom is 0.0329 e. The third kappa shape index (κ3) is 2.33. The zero-order valence-corrected chi connectivity index (χ0v) is 11.7. The van der Waals surface area contributed by atoms with E-state index in [9.17, 15) is 0 Å². The van der Waals surface area contributed by atoms with Crippen molar-refractivity contribution in [3.63, 3.8) is 0 Å². The quantitative estimate of drug-likeness (QED) is 0.937. The third-order valence-corrected chi connectivity index (χ3v) is 4.26. The number of rotatable bonds is 3. The van der Waals surface area contributed by atoms with Crippen LogP contribution in [-0.2, 0) is 13.0 Å². The SMILES string of the molecule is Brc1cccc2c1CCC2NCc1ccncc1.